The van der Waals surface area contributed by atoms with Crippen molar-refractivity contribution < 1.29 is 14.7 Å². The average Bonchev–Trinajstić information content (AvgIpc) is 3.21. The van der Waals surface area contributed by atoms with Gasteiger partial charge in [-0.2, -0.15) is 0 Å². The number of aliphatic imine (C=N–C) groups is 1. The predicted molar refractivity (Wildman–Crippen MR) is 125 cm³/mol. The van der Waals surface area contributed by atoms with Crippen molar-refractivity contribution in [2.45, 2.75) is 18.5 Å². The molecule has 1 heterocycles. The molecule has 3 unspecified atom stereocenters. The number of rotatable bonds is 5. The fourth-order valence-electron chi connectivity index (χ4n) is 3.84. The number of fused-ring (bicyclic) bond motifs is 1. The van der Waals surface area contributed by atoms with E-state index in [1.807, 2.05) is 54.6 Å². The van der Waals surface area contributed by atoms with Gasteiger partial charge in [-0.1, -0.05) is 65.9 Å². The summed E-state index contributed by atoms with van der Waals surface area (Å²) in [5.74, 6) is 4.50. The molecular weight excluding hydrogens is 424 g/mol. The van der Waals surface area contributed by atoms with E-state index in [4.69, 9.17) is 11.6 Å². The molecule has 5 nitrogen and oxygen atoms in total. The lowest BCUT2D eigenvalue weighted by Gasteiger charge is -2.23. The van der Waals surface area contributed by atoms with Crippen LogP contribution in [0.15, 0.2) is 77.8 Å². The van der Waals surface area contributed by atoms with Gasteiger partial charge in [-0.3, -0.25) is 9.79 Å². The number of allylic oxidation sites excluding steroid dienone is 2. The number of amides is 1. The Balaban J connectivity index is 1.48. The molecule has 0 bridgehead atoms. The SMILES string of the molecule is O=C(N[C@@H](CC1C=NC2C=CC=CC12)C(=O)O)c1ccc(Cl)c(C#Cc2ccccc2)c1. The van der Waals surface area contributed by atoms with Crippen molar-refractivity contribution in [3.05, 3.63) is 94.5 Å². The summed E-state index contributed by atoms with van der Waals surface area (Å²) in [6.07, 6.45) is 10.00. The summed E-state index contributed by atoms with van der Waals surface area (Å²) >= 11 is 6.25. The van der Waals surface area contributed by atoms with E-state index in [1.165, 1.54) is 0 Å². The van der Waals surface area contributed by atoms with E-state index >= 15 is 0 Å². The highest BCUT2D eigenvalue weighted by atomic mass is 35.5. The molecule has 0 spiro atoms. The van der Waals surface area contributed by atoms with Gasteiger partial charge in [0.2, 0.25) is 0 Å². The zero-order valence-corrected chi connectivity index (χ0v) is 17.9. The van der Waals surface area contributed by atoms with Gasteiger partial charge in [0.25, 0.3) is 5.91 Å². The minimum absolute atomic E-state index is 0.0390. The number of aliphatic carboxylic acids is 1. The summed E-state index contributed by atoms with van der Waals surface area (Å²) < 4.78 is 0. The molecule has 6 heteroatoms. The number of carboxylic acid groups (broad SMARTS) is 1. The van der Waals surface area contributed by atoms with Crippen LogP contribution in [0.2, 0.25) is 5.02 Å². The Morgan fingerprint density at radius 3 is 2.66 bits per heavy atom. The van der Waals surface area contributed by atoms with Crippen molar-refractivity contribution in [2.24, 2.45) is 16.8 Å². The number of nitrogens with one attached hydrogen (secondary N) is 1. The van der Waals surface area contributed by atoms with Crippen LogP contribution in [-0.4, -0.2) is 35.3 Å². The summed E-state index contributed by atoms with van der Waals surface area (Å²) in [5.41, 5.74) is 1.63. The molecule has 1 amide bonds. The van der Waals surface area contributed by atoms with E-state index in [0.717, 1.165) is 5.56 Å². The lowest BCUT2D eigenvalue weighted by molar-refractivity contribution is -0.139. The maximum atomic E-state index is 12.8. The standard InChI is InChI=1S/C26H21ClN2O3/c27-22-13-12-19(14-18(22)11-10-17-6-2-1-3-7-17)25(30)29-24(26(31)32)15-20-16-28-23-9-5-4-8-21(20)23/h1-9,12-14,16,20-21,23-24H,15H2,(H,29,30)(H,31,32)/t20?,21?,23?,24-/m0/s1. The first kappa shape index (κ1) is 21.6. The van der Waals surface area contributed by atoms with E-state index in [-0.39, 0.29) is 24.3 Å². The van der Waals surface area contributed by atoms with Gasteiger partial charge in [-0.25, -0.2) is 4.79 Å². The Hall–Kier alpha value is -3.62. The number of carboxylic acids is 1. The van der Waals surface area contributed by atoms with E-state index in [1.54, 1.807) is 24.4 Å². The van der Waals surface area contributed by atoms with E-state index in [0.29, 0.717) is 16.1 Å². The van der Waals surface area contributed by atoms with Crippen LogP contribution in [0.1, 0.15) is 27.9 Å². The molecule has 0 saturated heterocycles. The van der Waals surface area contributed by atoms with Crippen LogP contribution in [-0.2, 0) is 4.79 Å². The number of carbonyl (C=O) groups is 2. The molecule has 0 aromatic heterocycles. The molecular formula is C26H21ClN2O3. The maximum absolute atomic E-state index is 12.8. The van der Waals surface area contributed by atoms with E-state index in [2.05, 4.69) is 22.2 Å². The number of benzene rings is 2. The summed E-state index contributed by atoms with van der Waals surface area (Å²) in [5, 5.41) is 12.8. The van der Waals surface area contributed by atoms with Crippen LogP contribution >= 0.6 is 11.6 Å². The molecule has 0 fully saturated rings. The van der Waals surface area contributed by atoms with Crippen molar-refractivity contribution in [1.82, 2.24) is 5.32 Å². The quantitative estimate of drug-likeness (QED) is 0.681. The first-order chi connectivity index (χ1) is 15.5. The number of halogens is 1. The molecule has 160 valence electrons. The Labute approximate surface area is 191 Å². The summed E-state index contributed by atoms with van der Waals surface area (Å²) in [4.78, 5) is 29.1. The molecule has 2 aromatic rings. The average molecular weight is 445 g/mol. The van der Waals surface area contributed by atoms with Crippen LogP contribution in [0.3, 0.4) is 0 Å². The molecule has 2 aliphatic rings. The van der Waals surface area contributed by atoms with Gasteiger partial charge in [-0.05, 0) is 36.8 Å². The fraction of sp³-hybridized carbons (Fsp3) is 0.192. The molecule has 4 rings (SSSR count). The Bertz CT molecular complexity index is 1170. The highest BCUT2D eigenvalue weighted by Gasteiger charge is 2.34. The third-order valence-electron chi connectivity index (χ3n) is 5.55. The van der Waals surface area contributed by atoms with E-state index < -0.39 is 17.9 Å². The predicted octanol–water partition coefficient (Wildman–Crippen LogP) is 4.12. The molecule has 0 saturated carbocycles. The van der Waals surface area contributed by atoms with Gasteiger partial charge in [0.1, 0.15) is 6.04 Å². The highest BCUT2D eigenvalue weighted by molar-refractivity contribution is 6.31. The van der Waals surface area contributed by atoms with Crippen LogP contribution in [0.25, 0.3) is 0 Å². The third-order valence-corrected chi connectivity index (χ3v) is 5.88. The van der Waals surface area contributed by atoms with Crippen LogP contribution in [0, 0.1) is 23.7 Å². The van der Waals surface area contributed by atoms with Gasteiger partial charge in [0, 0.05) is 34.7 Å². The van der Waals surface area contributed by atoms with Crippen molar-refractivity contribution in [3.63, 3.8) is 0 Å². The van der Waals surface area contributed by atoms with E-state index in [9.17, 15) is 14.7 Å². The topological polar surface area (TPSA) is 78.8 Å². The normalized spacial score (nSPS) is 21.3. The molecule has 32 heavy (non-hydrogen) atoms. The number of hydrogen-bond acceptors (Lipinski definition) is 3. The molecule has 2 N–H and O–H groups in total. The molecule has 2 aromatic carbocycles. The minimum atomic E-state index is -1.08. The largest absolute Gasteiger partial charge is 0.480 e. The number of hydrogen-bond donors (Lipinski definition) is 2. The highest BCUT2D eigenvalue weighted by Crippen LogP contribution is 2.31. The molecule has 1 aliphatic heterocycles. The van der Waals surface area contributed by atoms with Crippen LogP contribution < -0.4 is 5.32 Å². The summed E-state index contributed by atoms with van der Waals surface area (Å²) in [6, 6.07) is 13.2. The third kappa shape index (κ3) is 4.99. The number of nitrogens with zero attached hydrogens (tertiary/aromatic N) is 1. The second kappa shape index (κ2) is 9.67. The first-order valence-corrected chi connectivity index (χ1v) is 10.7. The lowest BCUT2D eigenvalue weighted by atomic mass is 9.83. The Morgan fingerprint density at radius 2 is 1.88 bits per heavy atom. The van der Waals surface area contributed by atoms with Gasteiger partial charge in [-0.15, -0.1) is 0 Å². The second-order valence-electron chi connectivity index (χ2n) is 7.71. The zero-order chi connectivity index (χ0) is 22.5. The summed E-state index contributed by atoms with van der Waals surface area (Å²) in [6.45, 7) is 0. The lowest BCUT2D eigenvalue weighted by Crippen LogP contribution is -2.43. The maximum Gasteiger partial charge on any atom is 0.326 e. The summed E-state index contributed by atoms with van der Waals surface area (Å²) in [7, 11) is 0. The van der Waals surface area contributed by atoms with Crippen molar-refractivity contribution in [3.8, 4) is 11.8 Å². The molecule has 0 radical (unpaired) electrons. The second-order valence-corrected chi connectivity index (χ2v) is 8.12. The van der Waals surface area contributed by atoms with Gasteiger partial charge < -0.3 is 10.4 Å². The fourth-order valence-corrected chi connectivity index (χ4v) is 4.01. The van der Waals surface area contributed by atoms with Crippen LogP contribution in [0.5, 0.6) is 0 Å². The Kier molecular flexibility index (Phi) is 6.53. The molecule has 1 aliphatic carbocycles. The smallest absolute Gasteiger partial charge is 0.326 e. The zero-order valence-electron chi connectivity index (χ0n) is 17.1. The first-order valence-electron chi connectivity index (χ1n) is 10.3. The monoisotopic (exact) mass is 444 g/mol. The number of carbonyl (C=O) groups excluding carboxylic acids is 1. The molecule has 4 atom stereocenters. The van der Waals surface area contributed by atoms with Crippen LogP contribution in [0.4, 0.5) is 0 Å². The minimum Gasteiger partial charge on any atom is -0.480 e. The van der Waals surface area contributed by atoms with Crippen molar-refractivity contribution in [1.29, 1.82) is 0 Å². The van der Waals surface area contributed by atoms with Gasteiger partial charge in [0.15, 0.2) is 0 Å². The van der Waals surface area contributed by atoms with Gasteiger partial charge >= 0.3 is 5.97 Å². The van der Waals surface area contributed by atoms with Crippen molar-refractivity contribution in [2.75, 3.05) is 0 Å². The van der Waals surface area contributed by atoms with Gasteiger partial charge in [0.05, 0.1) is 11.1 Å². The van der Waals surface area contributed by atoms with Crippen molar-refractivity contribution >= 4 is 29.7 Å². The Morgan fingerprint density at radius 1 is 1.09 bits per heavy atom.